The van der Waals surface area contributed by atoms with E-state index in [-0.39, 0.29) is 18.0 Å². The molecular weight excluding hydrogens is 270 g/mol. The fraction of sp³-hybridized carbons (Fsp3) is 0.200. The van der Waals surface area contributed by atoms with Crippen molar-refractivity contribution >= 4 is 11.9 Å². The molecular formula is C15H15N3O3. The largest absolute Gasteiger partial charge is 0.469 e. The first-order chi connectivity index (χ1) is 10.2. The van der Waals surface area contributed by atoms with Crippen molar-refractivity contribution in [3.8, 4) is 0 Å². The van der Waals surface area contributed by atoms with Gasteiger partial charge in [0, 0.05) is 12.4 Å². The van der Waals surface area contributed by atoms with E-state index in [1.807, 2.05) is 30.3 Å². The number of amides is 1. The summed E-state index contributed by atoms with van der Waals surface area (Å²) in [4.78, 5) is 31.4. The Labute approximate surface area is 122 Å². The van der Waals surface area contributed by atoms with E-state index < -0.39 is 12.0 Å². The second-order valence-corrected chi connectivity index (χ2v) is 4.31. The number of carbonyl (C=O) groups excluding carboxylic acids is 2. The topological polar surface area (TPSA) is 81.2 Å². The lowest BCUT2D eigenvalue weighted by atomic mass is 10.0. The first kappa shape index (κ1) is 14.6. The molecule has 21 heavy (non-hydrogen) atoms. The Morgan fingerprint density at radius 1 is 1.24 bits per heavy atom. The number of ether oxygens (including phenoxy) is 1. The summed E-state index contributed by atoms with van der Waals surface area (Å²) in [6.45, 7) is 0. The number of esters is 1. The molecule has 0 unspecified atom stereocenters. The molecule has 1 N–H and O–H groups in total. The molecule has 0 spiro atoms. The first-order valence-corrected chi connectivity index (χ1v) is 6.39. The van der Waals surface area contributed by atoms with Gasteiger partial charge in [0.2, 0.25) is 0 Å². The van der Waals surface area contributed by atoms with Crippen LogP contribution in [0.1, 0.15) is 28.5 Å². The fourth-order valence-electron chi connectivity index (χ4n) is 1.84. The summed E-state index contributed by atoms with van der Waals surface area (Å²) in [6, 6.07) is 8.74. The van der Waals surface area contributed by atoms with Gasteiger partial charge in [0.1, 0.15) is 5.69 Å². The third kappa shape index (κ3) is 4.10. The van der Waals surface area contributed by atoms with Gasteiger partial charge in [-0.05, 0) is 5.56 Å². The molecule has 0 saturated carbocycles. The molecule has 0 bridgehead atoms. The number of nitrogens with one attached hydrogen (secondary N) is 1. The highest BCUT2D eigenvalue weighted by Crippen LogP contribution is 2.17. The number of rotatable bonds is 5. The smallest absolute Gasteiger partial charge is 0.307 e. The zero-order valence-electron chi connectivity index (χ0n) is 11.5. The van der Waals surface area contributed by atoms with E-state index in [4.69, 9.17) is 0 Å². The molecule has 1 aromatic carbocycles. The number of carbonyl (C=O) groups is 2. The fourth-order valence-corrected chi connectivity index (χ4v) is 1.84. The summed E-state index contributed by atoms with van der Waals surface area (Å²) in [5, 5.41) is 2.77. The average Bonchev–Trinajstić information content (AvgIpc) is 2.55. The van der Waals surface area contributed by atoms with Gasteiger partial charge in [-0.25, -0.2) is 4.98 Å². The zero-order valence-corrected chi connectivity index (χ0v) is 11.5. The van der Waals surface area contributed by atoms with Gasteiger partial charge in [-0.3, -0.25) is 14.6 Å². The standard InChI is InChI=1S/C15H15N3O3/c1-21-14(19)9-12(11-5-3-2-4-6-11)18-15(20)13-10-16-7-8-17-13/h2-8,10,12H,9H2,1H3,(H,18,20)/t12-/m0/s1. The molecule has 2 rings (SSSR count). The lowest BCUT2D eigenvalue weighted by molar-refractivity contribution is -0.141. The van der Waals surface area contributed by atoms with Gasteiger partial charge in [-0.1, -0.05) is 30.3 Å². The highest BCUT2D eigenvalue weighted by molar-refractivity contribution is 5.92. The van der Waals surface area contributed by atoms with E-state index in [0.29, 0.717) is 0 Å². The van der Waals surface area contributed by atoms with E-state index in [9.17, 15) is 9.59 Å². The molecule has 1 aromatic heterocycles. The van der Waals surface area contributed by atoms with Crippen molar-refractivity contribution in [3.63, 3.8) is 0 Å². The van der Waals surface area contributed by atoms with E-state index in [1.54, 1.807) is 0 Å². The van der Waals surface area contributed by atoms with E-state index in [2.05, 4.69) is 20.0 Å². The Hall–Kier alpha value is -2.76. The molecule has 0 aliphatic heterocycles. The number of nitrogens with zero attached hydrogens (tertiary/aromatic N) is 2. The monoisotopic (exact) mass is 285 g/mol. The van der Waals surface area contributed by atoms with Crippen molar-refractivity contribution in [2.45, 2.75) is 12.5 Å². The highest BCUT2D eigenvalue weighted by Gasteiger charge is 2.20. The summed E-state index contributed by atoms with van der Waals surface area (Å²) in [7, 11) is 1.31. The molecule has 6 nitrogen and oxygen atoms in total. The van der Waals surface area contributed by atoms with Crippen LogP contribution in [0.4, 0.5) is 0 Å². The lowest BCUT2D eigenvalue weighted by Crippen LogP contribution is -2.31. The van der Waals surface area contributed by atoms with Crippen LogP contribution in [0.25, 0.3) is 0 Å². The van der Waals surface area contributed by atoms with Crippen LogP contribution in [0, 0.1) is 0 Å². The van der Waals surface area contributed by atoms with Gasteiger partial charge in [0.25, 0.3) is 5.91 Å². The molecule has 0 saturated heterocycles. The lowest BCUT2D eigenvalue weighted by Gasteiger charge is -2.17. The Balaban J connectivity index is 2.16. The van der Waals surface area contributed by atoms with Crippen molar-refractivity contribution in [1.82, 2.24) is 15.3 Å². The molecule has 1 atom stereocenters. The minimum atomic E-state index is -0.479. The van der Waals surface area contributed by atoms with Crippen LogP contribution in [0.15, 0.2) is 48.9 Å². The van der Waals surface area contributed by atoms with Gasteiger partial charge in [0.05, 0.1) is 25.8 Å². The summed E-state index contributed by atoms with van der Waals surface area (Å²) in [5.74, 6) is -0.788. The molecule has 108 valence electrons. The SMILES string of the molecule is COC(=O)C[C@H](NC(=O)c1cnccn1)c1ccccc1. The summed E-state index contributed by atoms with van der Waals surface area (Å²) < 4.78 is 4.67. The highest BCUT2D eigenvalue weighted by atomic mass is 16.5. The van der Waals surface area contributed by atoms with Gasteiger partial charge in [0.15, 0.2) is 0 Å². The maximum atomic E-state index is 12.1. The van der Waals surface area contributed by atoms with Crippen molar-refractivity contribution in [3.05, 3.63) is 60.2 Å². The molecule has 0 radical (unpaired) electrons. The van der Waals surface area contributed by atoms with Gasteiger partial charge in [-0.2, -0.15) is 0 Å². The van der Waals surface area contributed by atoms with Crippen LogP contribution in [0.5, 0.6) is 0 Å². The maximum Gasteiger partial charge on any atom is 0.307 e. The molecule has 1 amide bonds. The quantitative estimate of drug-likeness (QED) is 0.842. The maximum absolute atomic E-state index is 12.1. The third-order valence-corrected chi connectivity index (χ3v) is 2.90. The second kappa shape index (κ2) is 7.14. The second-order valence-electron chi connectivity index (χ2n) is 4.31. The normalized spacial score (nSPS) is 11.5. The number of methoxy groups -OCH3 is 1. The van der Waals surface area contributed by atoms with Gasteiger partial charge >= 0.3 is 5.97 Å². The number of aromatic nitrogens is 2. The van der Waals surface area contributed by atoms with Crippen LogP contribution in [-0.4, -0.2) is 29.0 Å². The summed E-state index contributed by atoms with van der Waals surface area (Å²) in [5.41, 5.74) is 1.02. The van der Waals surface area contributed by atoms with Crippen molar-refractivity contribution in [2.24, 2.45) is 0 Å². The predicted octanol–water partition coefficient (Wildman–Crippen LogP) is 1.51. The Bertz CT molecular complexity index is 602. The number of hydrogen-bond donors (Lipinski definition) is 1. The number of hydrogen-bond acceptors (Lipinski definition) is 5. The van der Waals surface area contributed by atoms with Gasteiger partial charge in [-0.15, -0.1) is 0 Å². The Kier molecular flexibility index (Phi) is 4.98. The van der Waals surface area contributed by atoms with Gasteiger partial charge < -0.3 is 10.1 Å². The summed E-state index contributed by atoms with van der Waals surface area (Å²) in [6.07, 6.45) is 4.34. The van der Waals surface area contributed by atoms with E-state index in [1.165, 1.54) is 25.7 Å². The van der Waals surface area contributed by atoms with Crippen LogP contribution < -0.4 is 5.32 Å². The van der Waals surface area contributed by atoms with Crippen LogP contribution >= 0.6 is 0 Å². The first-order valence-electron chi connectivity index (χ1n) is 6.39. The molecule has 1 heterocycles. The van der Waals surface area contributed by atoms with E-state index >= 15 is 0 Å². The van der Waals surface area contributed by atoms with Crippen molar-refractivity contribution in [1.29, 1.82) is 0 Å². The molecule has 0 fully saturated rings. The molecule has 6 heteroatoms. The Morgan fingerprint density at radius 3 is 2.62 bits per heavy atom. The molecule has 2 aromatic rings. The van der Waals surface area contributed by atoms with Crippen LogP contribution in [0.3, 0.4) is 0 Å². The number of benzene rings is 1. The minimum absolute atomic E-state index is 0.0481. The van der Waals surface area contributed by atoms with Crippen LogP contribution in [-0.2, 0) is 9.53 Å². The van der Waals surface area contributed by atoms with Crippen molar-refractivity contribution < 1.29 is 14.3 Å². The van der Waals surface area contributed by atoms with Crippen LogP contribution in [0.2, 0.25) is 0 Å². The summed E-state index contributed by atoms with van der Waals surface area (Å²) >= 11 is 0. The van der Waals surface area contributed by atoms with Crippen molar-refractivity contribution in [2.75, 3.05) is 7.11 Å². The molecule has 0 aliphatic rings. The zero-order chi connectivity index (χ0) is 15.1. The predicted molar refractivity (Wildman–Crippen MR) is 75.3 cm³/mol. The minimum Gasteiger partial charge on any atom is -0.469 e. The third-order valence-electron chi connectivity index (χ3n) is 2.90. The average molecular weight is 285 g/mol. The van der Waals surface area contributed by atoms with E-state index in [0.717, 1.165) is 5.56 Å². The molecule has 0 aliphatic carbocycles. The Morgan fingerprint density at radius 2 is 2.00 bits per heavy atom.